The van der Waals surface area contributed by atoms with Gasteiger partial charge in [0.05, 0.1) is 5.92 Å². The van der Waals surface area contributed by atoms with Gasteiger partial charge in [0.2, 0.25) is 0 Å². The minimum atomic E-state index is -0.710. The Morgan fingerprint density at radius 3 is 2.54 bits per heavy atom. The smallest absolute Gasteiger partial charge is 0.307 e. The van der Waals surface area contributed by atoms with Crippen molar-refractivity contribution in [2.45, 2.75) is 45.1 Å². The highest BCUT2D eigenvalue weighted by molar-refractivity contribution is 5.69. The Hall–Kier alpha value is -0.570. The van der Waals surface area contributed by atoms with Gasteiger partial charge in [-0.15, -0.1) is 0 Å². The summed E-state index contributed by atoms with van der Waals surface area (Å²) in [6.45, 7) is 4.51. The lowest BCUT2D eigenvalue weighted by Crippen LogP contribution is -2.52. The number of carboxylic acids is 1. The van der Waals surface area contributed by atoms with Crippen LogP contribution in [0.5, 0.6) is 0 Å². The lowest BCUT2D eigenvalue weighted by atomic mass is 9.74. The van der Waals surface area contributed by atoms with E-state index in [0.29, 0.717) is 6.54 Å². The van der Waals surface area contributed by atoms with E-state index in [1.54, 1.807) is 6.92 Å². The Kier molecular flexibility index (Phi) is 3.31. The SMILES string of the molecule is CCC1(NCC(C)C(=O)O)CCC1. The van der Waals surface area contributed by atoms with Crippen molar-refractivity contribution in [1.29, 1.82) is 0 Å². The summed E-state index contributed by atoms with van der Waals surface area (Å²) < 4.78 is 0. The second-order valence-electron chi connectivity index (χ2n) is 4.11. The summed E-state index contributed by atoms with van der Waals surface area (Å²) >= 11 is 0. The summed E-state index contributed by atoms with van der Waals surface area (Å²) in [5.74, 6) is -0.984. The third-order valence-electron chi connectivity index (χ3n) is 3.19. The molecule has 0 saturated heterocycles. The fourth-order valence-electron chi connectivity index (χ4n) is 1.72. The summed E-state index contributed by atoms with van der Waals surface area (Å²) in [5, 5.41) is 12.1. The average molecular weight is 185 g/mol. The van der Waals surface area contributed by atoms with E-state index in [1.165, 1.54) is 19.3 Å². The number of carbonyl (C=O) groups is 1. The van der Waals surface area contributed by atoms with Gasteiger partial charge in [0, 0.05) is 12.1 Å². The predicted octanol–water partition coefficient (Wildman–Crippen LogP) is 1.63. The van der Waals surface area contributed by atoms with Crippen LogP contribution in [-0.4, -0.2) is 23.2 Å². The molecule has 0 aromatic carbocycles. The van der Waals surface area contributed by atoms with Crippen LogP contribution < -0.4 is 5.32 Å². The van der Waals surface area contributed by atoms with E-state index >= 15 is 0 Å². The number of hydrogen-bond acceptors (Lipinski definition) is 2. The van der Waals surface area contributed by atoms with Crippen LogP contribution in [0.2, 0.25) is 0 Å². The second-order valence-corrected chi connectivity index (χ2v) is 4.11. The zero-order valence-corrected chi connectivity index (χ0v) is 8.47. The van der Waals surface area contributed by atoms with Crippen molar-refractivity contribution >= 4 is 5.97 Å². The van der Waals surface area contributed by atoms with Gasteiger partial charge >= 0.3 is 5.97 Å². The quantitative estimate of drug-likeness (QED) is 0.684. The maximum atomic E-state index is 10.6. The molecule has 0 amide bonds. The van der Waals surface area contributed by atoms with Crippen LogP contribution in [0.1, 0.15) is 39.5 Å². The molecule has 0 aliphatic heterocycles. The van der Waals surface area contributed by atoms with E-state index in [1.807, 2.05) is 0 Å². The number of hydrogen-bond donors (Lipinski definition) is 2. The monoisotopic (exact) mass is 185 g/mol. The average Bonchev–Trinajstić information content (AvgIpc) is 2.02. The van der Waals surface area contributed by atoms with Gasteiger partial charge in [-0.25, -0.2) is 0 Å². The fourth-order valence-corrected chi connectivity index (χ4v) is 1.72. The molecular weight excluding hydrogens is 166 g/mol. The molecule has 1 aliphatic carbocycles. The first kappa shape index (κ1) is 10.5. The molecule has 0 bridgehead atoms. The molecule has 1 unspecified atom stereocenters. The lowest BCUT2D eigenvalue weighted by Gasteiger charge is -2.42. The molecular formula is C10H19NO2. The summed E-state index contributed by atoms with van der Waals surface area (Å²) in [4.78, 5) is 10.6. The Morgan fingerprint density at radius 2 is 2.23 bits per heavy atom. The summed E-state index contributed by atoms with van der Waals surface area (Å²) in [6.07, 6.45) is 4.80. The van der Waals surface area contributed by atoms with Crippen molar-refractivity contribution in [2.24, 2.45) is 5.92 Å². The molecule has 1 rings (SSSR count). The second kappa shape index (κ2) is 4.09. The minimum Gasteiger partial charge on any atom is -0.481 e. The molecule has 0 radical (unpaired) electrons. The minimum absolute atomic E-state index is 0.268. The zero-order chi connectivity index (χ0) is 9.90. The number of nitrogens with one attached hydrogen (secondary N) is 1. The van der Waals surface area contributed by atoms with Crippen molar-refractivity contribution in [2.75, 3.05) is 6.54 Å². The van der Waals surface area contributed by atoms with Crippen molar-refractivity contribution < 1.29 is 9.90 Å². The molecule has 13 heavy (non-hydrogen) atoms. The first-order valence-corrected chi connectivity index (χ1v) is 5.07. The van der Waals surface area contributed by atoms with Gasteiger partial charge in [0.25, 0.3) is 0 Å². The first-order valence-electron chi connectivity index (χ1n) is 5.07. The summed E-state index contributed by atoms with van der Waals surface area (Å²) in [6, 6.07) is 0. The molecule has 0 aromatic rings. The van der Waals surface area contributed by atoms with Gasteiger partial charge in [0.15, 0.2) is 0 Å². The topological polar surface area (TPSA) is 49.3 Å². The van der Waals surface area contributed by atoms with E-state index in [2.05, 4.69) is 12.2 Å². The Balaban J connectivity index is 2.28. The number of rotatable bonds is 5. The molecule has 1 saturated carbocycles. The maximum absolute atomic E-state index is 10.6. The van der Waals surface area contributed by atoms with Crippen LogP contribution in [0.15, 0.2) is 0 Å². The molecule has 2 N–H and O–H groups in total. The Morgan fingerprint density at radius 1 is 1.62 bits per heavy atom. The predicted molar refractivity (Wildman–Crippen MR) is 51.7 cm³/mol. The molecule has 0 heterocycles. The first-order chi connectivity index (χ1) is 6.09. The standard InChI is InChI=1S/C10H19NO2/c1-3-10(5-4-6-10)11-7-8(2)9(12)13/h8,11H,3-7H2,1-2H3,(H,12,13). The Bertz CT molecular complexity index is 182. The fraction of sp³-hybridized carbons (Fsp3) is 0.900. The zero-order valence-electron chi connectivity index (χ0n) is 8.47. The van der Waals surface area contributed by atoms with Crippen LogP contribution in [0, 0.1) is 5.92 Å². The molecule has 1 fully saturated rings. The maximum Gasteiger partial charge on any atom is 0.307 e. The van der Waals surface area contributed by atoms with E-state index in [4.69, 9.17) is 5.11 Å². The largest absolute Gasteiger partial charge is 0.481 e. The van der Waals surface area contributed by atoms with E-state index < -0.39 is 5.97 Å². The van der Waals surface area contributed by atoms with Crippen LogP contribution >= 0.6 is 0 Å². The molecule has 3 nitrogen and oxygen atoms in total. The third-order valence-corrected chi connectivity index (χ3v) is 3.19. The summed E-state index contributed by atoms with van der Waals surface area (Å²) in [5.41, 5.74) is 0.268. The van der Waals surface area contributed by atoms with Gasteiger partial charge in [-0.3, -0.25) is 4.79 Å². The molecule has 1 aliphatic rings. The van der Waals surface area contributed by atoms with Gasteiger partial charge in [-0.2, -0.15) is 0 Å². The Labute approximate surface area is 79.5 Å². The normalized spacial score (nSPS) is 22.0. The van der Waals surface area contributed by atoms with Crippen molar-refractivity contribution in [1.82, 2.24) is 5.32 Å². The molecule has 0 spiro atoms. The van der Waals surface area contributed by atoms with Crippen LogP contribution in [0.25, 0.3) is 0 Å². The highest BCUT2D eigenvalue weighted by Gasteiger charge is 2.34. The van der Waals surface area contributed by atoms with Crippen LogP contribution in [-0.2, 0) is 4.79 Å². The van der Waals surface area contributed by atoms with Crippen LogP contribution in [0.4, 0.5) is 0 Å². The van der Waals surface area contributed by atoms with E-state index in [-0.39, 0.29) is 11.5 Å². The molecule has 76 valence electrons. The summed E-state index contributed by atoms with van der Waals surface area (Å²) in [7, 11) is 0. The van der Waals surface area contributed by atoms with Gasteiger partial charge < -0.3 is 10.4 Å². The number of aliphatic carboxylic acids is 1. The number of carboxylic acid groups (broad SMARTS) is 1. The third kappa shape index (κ3) is 2.44. The lowest BCUT2D eigenvalue weighted by molar-refractivity contribution is -0.141. The molecule has 0 aromatic heterocycles. The highest BCUT2D eigenvalue weighted by atomic mass is 16.4. The molecule has 3 heteroatoms. The van der Waals surface area contributed by atoms with E-state index in [9.17, 15) is 4.79 Å². The van der Waals surface area contributed by atoms with Gasteiger partial charge in [0.1, 0.15) is 0 Å². The van der Waals surface area contributed by atoms with Gasteiger partial charge in [-0.1, -0.05) is 13.8 Å². The van der Waals surface area contributed by atoms with Crippen molar-refractivity contribution in [3.8, 4) is 0 Å². The highest BCUT2D eigenvalue weighted by Crippen LogP contribution is 2.34. The van der Waals surface area contributed by atoms with Gasteiger partial charge in [-0.05, 0) is 25.7 Å². The van der Waals surface area contributed by atoms with E-state index in [0.717, 1.165) is 6.42 Å². The van der Waals surface area contributed by atoms with Crippen LogP contribution in [0.3, 0.4) is 0 Å². The van der Waals surface area contributed by atoms with Crippen molar-refractivity contribution in [3.63, 3.8) is 0 Å². The van der Waals surface area contributed by atoms with Crippen molar-refractivity contribution in [3.05, 3.63) is 0 Å². The molecule has 1 atom stereocenters.